The van der Waals surface area contributed by atoms with Gasteiger partial charge < -0.3 is 10.1 Å². The molecule has 164 valence electrons. The topological polar surface area (TPSA) is 88.6 Å². The molecular weight excluding hydrogens is 441 g/mol. The summed E-state index contributed by atoms with van der Waals surface area (Å²) in [6, 6.07) is 10.2. The summed E-state index contributed by atoms with van der Waals surface area (Å²) in [7, 11) is 0.624. The first kappa shape index (κ1) is 22.9. The van der Waals surface area contributed by atoms with Gasteiger partial charge in [0.15, 0.2) is 0 Å². The fourth-order valence-corrected chi connectivity index (χ4v) is 4.80. The van der Waals surface area contributed by atoms with Crippen LogP contribution in [0.25, 0.3) is 11.3 Å². The Kier molecular flexibility index (Phi) is 6.73. The highest BCUT2D eigenvalue weighted by molar-refractivity contribution is 7.89. The lowest BCUT2D eigenvalue weighted by Crippen LogP contribution is -2.22. The summed E-state index contributed by atoms with van der Waals surface area (Å²) in [5, 5.41) is 3.51. The fraction of sp³-hybridized carbons (Fsp3) is 0.238. The number of halogens is 1. The average molecular weight is 464 g/mol. The van der Waals surface area contributed by atoms with Gasteiger partial charge in [-0.25, -0.2) is 22.1 Å². The Morgan fingerprint density at radius 1 is 1.19 bits per heavy atom. The standard InChI is InChI=1S/C21H22FN3O4S2/c1-13-23-21(14-5-7-15(22)8-6-14)19(30-13)12-20(26)24-17-11-16(9-10-18(17)29-4)31(27,28)25(2)3/h5-11H,12H2,1-4H3,(H,24,26). The van der Waals surface area contributed by atoms with E-state index in [9.17, 15) is 17.6 Å². The Balaban J connectivity index is 1.87. The second-order valence-corrected chi connectivity index (χ2v) is 10.3. The maximum atomic E-state index is 13.3. The lowest BCUT2D eigenvalue weighted by atomic mass is 10.1. The average Bonchev–Trinajstić information content (AvgIpc) is 3.08. The van der Waals surface area contributed by atoms with Crippen LogP contribution < -0.4 is 10.1 Å². The predicted octanol–water partition coefficient (Wildman–Crippen LogP) is 3.70. The van der Waals surface area contributed by atoms with Crippen molar-refractivity contribution in [1.82, 2.24) is 9.29 Å². The molecule has 0 spiro atoms. The van der Waals surface area contributed by atoms with Gasteiger partial charge in [0.1, 0.15) is 11.6 Å². The maximum Gasteiger partial charge on any atom is 0.242 e. The van der Waals surface area contributed by atoms with Crippen LogP contribution in [-0.2, 0) is 21.2 Å². The molecule has 1 aromatic heterocycles. The summed E-state index contributed by atoms with van der Waals surface area (Å²) in [6.07, 6.45) is 0.0199. The Morgan fingerprint density at radius 2 is 1.87 bits per heavy atom. The normalized spacial score (nSPS) is 11.5. The van der Waals surface area contributed by atoms with Gasteiger partial charge in [-0.2, -0.15) is 0 Å². The van der Waals surface area contributed by atoms with Gasteiger partial charge in [0, 0.05) is 24.5 Å². The van der Waals surface area contributed by atoms with E-state index in [0.717, 1.165) is 14.2 Å². The molecule has 0 fully saturated rings. The van der Waals surface area contributed by atoms with Crippen LogP contribution >= 0.6 is 11.3 Å². The molecule has 0 saturated heterocycles. The number of aryl methyl sites for hydroxylation is 1. The first-order valence-corrected chi connectivity index (χ1v) is 11.5. The Hall–Kier alpha value is -2.82. The number of nitrogens with one attached hydrogen (secondary N) is 1. The van der Waals surface area contributed by atoms with E-state index in [1.807, 2.05) is 6.92 Å². The number of carbonyl (C=O) groups is 1. The van der Waals surface area contributed by atoms with E-state index in [-0.39, 0.29) is 28.7 Å². The van der Waals surface area contributed by atoms with E-state index < -0.39 is 10.0 Å². The van der Waals surface area contributed by atoms with Crippen LogP contribution in [0.5, 0.6) is 5.75 Å². The third kappa shape index (κ3) is 5.09. The van der Waals surface area contributed by atoms with Crippen molar-refractivity contribution in [3.05, 3.63) is 58.2 Å². The molecule has 0 atom stereocenters. The number of thiazole rings is 1. The van der Waals surface area contributed by atoms with Crippen molar-refractivity contribution in [2.45, 2.75) is 18.2 Å². The van der Waals surface area contributed by atoms with Crippen LogP contribution in [-0.4, -0.2) is 44.8 Å². The van der Waals surface area contributed by atoms with Crippen molar-refractivity contribution in [2.24, 2.45) is 0 Å². The molecule has 7 nitrogen and oxygen atoms in total. The second-order valence-electron chi connectivity index (χ2n) is 6.89. The number of anilines is 1. The first-order chi connectivity index (χ1) is 14.6. The van der Waals surface area contributed by atoms with Gasteiger partial charge in [-0.3, -0.25) is 4.79 Å². The number of aromatic nitrogens is 1. The predicted molar refractivity (Wildman–Crippen MR) is 118 cm³/mol. The molecule has 10 heteroatoms. The van der Waals surface area contributed by atoms with Gasteiger partial charge in [0.05, 0.1) is 34.8 Å². The molecule has 0 aliphatic heterocycles. The van der Waals surface area contributed by atoms with Gasteiger partial charge >= 0.3 is 0 Å². The van der Waals surface area contributed by atoms with Gasteiger partial charge in [0.2, 0.25) is 15.9 Å². The van der Waals surface area contributed by atoms with Crippen molar-refractivity contribution in [2.75, 3.05) is 26.5 Å². The van der Waals surface area contributed by atoms with Gasteiger partial charge in [0.25, 0.3) is 0 Å². The highest BCUT2D eigenvalue weighted by Crippen LogP contribution is 2.31. The molecule has 0 unspecified atom stereocenters. The van der Waals surface area contributed by atoms with Crippen molar-refractivity contribution in [3.63, 3.8) is 0 Å². The molecule has 0 radical (unpaired) electrons. The van der Waals surface area contributed by atoms with Crippen LogP contribution in [0.4, 0.5) is 10.1 Å². The quantitative estimate of drug-likeness (QED) is 0.577. The molecule has 0 bridgehead atoms. The van der Waals surface area contributed by atoms with Crippen LogP contribution in [0.15, 0.2) is 47.4 Å². The van der Waals surface area contributed by atoms with Gasteiger partial charge in [-0.1, -0.05) is 0 Å². The summed E-state index contributed by atoms with van der Waals surface area (Å²) >= 11 is 1.37. The zero-order valence-electron chi connectivity index (χ0n) is 17.5. The molecule has 0 aliphatic carbocycles. The van der Waals surface area contributed by atoms with E-state index in [2.05, 4.69) is 10.3 Å². The summed E-state index contributed by atoms with van der Waals surface area (Å²) in [5.41, 5.74) is 1.58. The number of amides is 1. The highest BCUT2D eigenvalue weighted by atomic mass is 32.2. The van der Waals surface area contributed by atoms with Crippen molar-refractivity contribution >= 4 is 33.0 Å². The molecule has 1 heterocycles. The van der Waals surface area contributed by atoms with E-state index >= 15 is 0 Å². The minimum atomic E-state index is -3.67. The summed E-state index contributed by atoms with van der Waals surface area (Å²) in [4.78, 5) is 18.0. The third-order valence-corrected chi connectivity index (χ3v) is 7.25. The Labute approximate surface area is 184 Å². The largest absolute Gasteiger partial charge is 0.495 e. The van der Waals surface area contributed by atoms with Crippen molar-refractivity contribution < 1.29 is 22.3 Å². The van der Waals surface area contributed by atoms with Crippen LogP contribution in [0, 0.1) is 12.7 Å². The highest BCUT2D eigenvalue weighted by Gasteiger charge is 2.21. The summed E-state index contributed by atoms with van der Waals surface area (Å²) in [5.74, 6) is -0.371. The molecule has 0 saturated carbocycles. The van der Waals surface area contributed by atoms with Crippen LogP contribution in [0.3, 0.4) is 0 Å². The van der Waals surface area contributed by atoms with Crippen molar-refractivity contribution in [1.29, 1.82) is 0 Å². The number of rotatable bonds is 7. The van der Waals surface area contributed by atoms with Crippen LogP contribution in [0.2, 0.25) is 0 Å². The van der Waals surface area contributed by atoms with Crippen molar-refractivity contribution in [3.8, 4) is 17.0 Å². The third-order valence-electron chi connectivity index (χ3n) is 4.47. The first-order valence-electron chi connectivity index (χ1n) is 9.24. The molecule has 31 heavy (non-hydrogen) atoms. The van der Waals surface area contributed by atoms with Gasteiger partial charge in [-0.15, -0.1) is 11.3 Å². The van der Waals surface area contributed by atoms with E-state index in [1.54, 1.807) is 12.1 Å². The van der Waals surface area contributed by atoms with Gasteiger partial charge in [-0.05, 0) is 49.4 Å². The monoisotopic (exact) mass is 463 g/mol. The molecule has 0 aliphatic rings. The molecule has 2 aromatic carbocycles. The smallest absolute Gasteiger partial charge is 0.242 e. The number of carbonyl (C=O) groups excluding carboxylic acids is 1. The number of hydrogen-bond donors (Lipinski definition) is 1. The molecule has 1 N–H and O–H groups in total. The lowest BCUT2D eigenvalue weighted by Gasteiger charge is -2.15. The minimum absolute atomic E-state index is 0.0199. The zero-order valence-corrected chi connectivity index (χ0v) is 19.1. The van der Waals surface area contributed by atoms with E-state index in [0.29, 0.717) is 17.0 Å². The number of hydrogen-bond acceptors (Lipinski definition) is 6. The maximum absolute atomic E-state index is 13.3. The Morgan fingerprint density at radius 3 is 2.48 bits per heavy atom. The molecular formula is C21H22FN3O4S2. The molecule has 3 rings (SSSR count). The number of nitrogens with zero attached hydrogens (tertiary/aromatic N) is 2. The Bertz CT molecular complexity index is 1210. The zero-order chi connectivity index (χ0) is 22.8. The van der Waals surface area contributed by atoms with E-state index in [1.165, 1.54) is 62.9 Å². The van der Waals surface area contributed by atoms with E-state index in [4.69, 9.17) is 4.74 Å². The lowest BCUT2D eigenvalue weighted by molar-refractivity contribution is -0.115. The fourth-order valence-electron chi connectivity index (χ4n) is 2.92. The summed E-state index contributed by atoms with van der Waals surface area (Å²) in [6.45, 7) is 1.83. The minimum Gasteiger partial charge on any atom is -0.495 e. The number of benzene rings is 2. The SMILES string of the molecule is COc1ccc(S(=O)(=O)N(C)C)cc1NC(=O)Cc1sc(C)nc1-c1ccc(F)cc1. The second kappa shape index (κ2) is 9.13. The molecule has 1 amide bonds. The van der Waals surface area contributed by atoms with Crippen LogP contribution in [0.1, 0.15) is 9.88 Å². The number of methoxy groups -OCH3 is 1. The molecule has 3 aromatic rings. The summed E-state index contributed by atoms with van der Waals surface area (Å²) < 4.78 is 44.5. The number of sulfonamides is 1. The number of ether oxygens (including phenoxy) is 1.